The molecule has 1 atom stereocenters. The molecule has 1 heterocycles. The highest BCUT2D eigenvalue weighted by molar-refractivity contribution is 5.93. The fraction of sp³-hybridized carbons (Fsp3) is 0.529. The third-order valence-electron chi connectivity index (χ3n) is 4.19. The van der Waals surface area contributed by atoms with Crippen molar-refractivity contribution in [3.8, 4) is 0 Å². The van der Waals surface area contributed by atoms with Gasteiger partial charge in [0.2, 0.25) is 5.91 Å². The van der Waals surface area contributed by atoms with E-state index in [0.717, 1.165) is 19.4 Å². The summed E-state index contributed by atoms with van der Waals surface area (Å²) in [4.78, 5) is 36.3. The van der Waals surface area contributed by atoms with E-state index < -0.39 is 4.92 Å². The highest BCUT2D eigenvalue weighted by Crippen LogP contribution is 2.22. The quantitative estimate of drug-likeness (QED) is 0.479. The van der Waals surface area contributed by atoms with Crippen molar-refractivity contribution in [2.75, 3.05) is 31.6 Å². The summed E-state index contributed by atoms with van der Waals surface area (Å²) >= 11 is 0. The van der Waals surface area contributed by atoms with Crippen LogP contribution in [-0.2, 0) is 14.3 Å². The molecule has 1 saturated heterocycles. The van der Waals surface area contributed by atoms with Crippen LogP contribution in [0, 0.1) is 23.0 Å². The van der Waals surface area contributed by atoms with Crippen LogP contribution in [0.4, 0.5) is 11.4 Å². The number of nitro benzene ring substituents is 1. The minimum absolute atomic E-state index is 0.0104. The van der Waals surface area contributed by atoms with E-state index >= 15 is 0 Å². The van der Waals surface area contributed by atoms with Gasteiger partial charge in [-0.3, -0.25) is 24.6 Å². The zero-order valence-electron chi connectivity index (χ0n) is 14.5. The monoisotopic (exact) mass is 349 g/mol. The maximum atomic E-state index is 12.3. The summed E-state index contributed by atoms with van der Waals surface area (Å²) < 4.78 is 5.06. The summed E-state index contributed by atoms with van der Waals surface area (Å²) in [5, 5.41) is 13.5. The van der Waals surface area contributed by atoms with Gasteiger partial charge in [-0.05, 0) is 44.9 Å². The number of non-ortho nitro benzene ring substituents is 1. The fourth-order valence-corrected chi connectivity index (χ4v) is 2.95. The second kappa shape index (κ2) is 8.57. The van der Waals surface area contributed by atoms with Crippen molar-refractivity contribution in [1.29, 1.82) is 0 Å². The number of nitrogens with one attached hydrogen (secondary N) is 1. The highest BCUT2D eigenvalue weighted by Gasteiger charge is 2.27. The number of hydrogen-bond donors (Lipinski definition) is 1. The number of hydrogen-bond acceptors (Lipinski definition) is 6. The molecule has 1 aliphatic rings. The Kier molecular flexibility index (Phi) is 6.46. The van der Waals surface area contributed by atoms with Crippen LogP contribution >= 0.6 is 0 Å². The Morgan fingerprint density at radius 1 is 1.44 bits per heavy atom. The van der Waals surface area contributed by atoms with Crippen molar-refractivity contribution in [2.24, 2.45) is 5.92 Å². The van der Waals surface area contributed by atoms with Crippen LogP contribution in [0.25, 0.3) is 0 Å². The number of esters is 1. The van der Waals surface area contributed by atoms with E-state index in [4.69, 9.17) is 4.74 Å². The van der Waals surface area contributed by atoms with Gasteiger partial charge < -0.3 is 10.1 Å². The van der Waals surface area contributed by atoms with Gasteiger partial charge >= 0.3 is 5.97 Å². The number of carbonyl (C=O) groups excluding carboxylic acids is 2. The number of rotatable bonds is 6. The van der Waals surface area contributed by atoms with Gasteiger partial charge in [-0.2, -0.15) is 0 Å². The molecule has 8 nitrogen and oxygen atoms in total. The maximum Gasteiger partial charge on any atom is 0.310 e. The first kappa shape index (κ1) is 18.9. The van der Waals surface area contributed by atoms with Crippen LogP contribution in [-0.4, -0.2) is 47.9 Å². The smallest absolute Gasteiger partial charge is 0.310 e. The summed E-state index contributed by atoms with van der Waals surface area (Å²) in [5.41, 5.74) is 1.17. The number of piperidine rings is 1. The van der Waals surface area contributed by atoms with E-state index in [9.17, 15) is 19.7 Å². The zero-order chi connectivity index (χ0) is 18.4. The lowest BCUT2D eigenvalue weighted by Crippen LogP contribution is -2.43. The first-order valence-corrected chi connectivity index (χ1v) is 8.34. The minimum Gasteiger partial charge on any atom is -0.466 e. The number of anilines is 1. The third kappa shape index (κ3) is 5.25. The standard InChI is InChI=1S/C17H23N3O5/c1-3-25-17(22)13-5-4-8-19(10-13)11-16(21)18-15-7-6-14(20(23)24)9-12(15)2/h6-7,9,13H,3-5,8,10-11H2,1-2H3,(H,18,21)/t13-/m1/s1. The summed E-state index contributed by atoms with van der Waals surface area (Å²) in [6.07, 6.45) is 1.62. The molecule has 8 heteroatoms. The number of benzene rings is 1. The molecule has 136 valence electrons. The molecule has 1 N–H and O–H groups in total. The van der Waals surface area contributed by atoms with Crippen LogP contribution in [0.3, 0.4) is 0 Å². The molecule has 1 aliphatic heterocycles. The number of amides is 1. The summed E-state index contributed by atoms with van der Waals surface area (Å²) in [6, 6.07) is 4.32. The molecule has 0 aliphatic carbocycles. The lowest BCUT2D eigenvalue weighted by atomic mass is 9.98. The van der Waals surface area contributed by atoms with Crippen LogP contribution in [0.5, 0.6) is 0 Å². The summed E-state index contributed by atoms with van der Waals surface area (Å²) in [7, 11) is 0. The minimum atomic E-state index is -0.470. The molecule has 2 rings (SSSR count). The van der Waals surface area contributed by atoms with Crippen molar-refractivity contribution in [1.82, 2.24) is 4.90 Å². The second-order valence-electron chi connectivity index (χ2n) is 6.13. The Morgan fingerprint density at radius 2 is 2.20 bits per heavy atom. The molecule has 0 spiro atoms. The van der Waals surface area contributed by atoms with Gasteiger partial charge in [0.25, 0.3) is 5.69 Å². The Morgan fingerprint density at radius 3 is 2.84 bits per heavy atom. The van der Waals surface area contributed by atoms with Crippen LogP contribution in [0.1, 0.15) is 25.3 Å². The van der Waals surface area contributed by atoms with Crippen LogP contribution < -0.4 is 5.32 Å². The maximum absolute atomic E-state index is 12.3. The Balaban J connectivity index is 1.91. The van der Waals surface area contributed by atoms with Gasteiger partial charge in [0, 0.05) is 24.4 Å². The predicted octanol–water partition coefficient (Wildman–Crippen LogP) is 2.12. The third-order valence-corrected chi connectivity index (χ3v) is 4.19. The van der Waals surface area contributed by atoms with E-state index in [2.05, 4.69) is 5.32 Å². The molecule has 1 aromatic carbocycles. The van der Waals surface area contributed by atoms with E-state index in [1.807, 2.05) is 4.90 Å². The van der Waals surface area contributed by atoms with Crippen molar-refractivity contribution < 1.29 is 19.2 Å². The topological polar surface area (TPSA) is 102 Å². The molecule has 0 aromatic heterocycles. The molecular weight excluding hydrogens is 326 g/mol. The molecule has 0 radical (unpaired) electrons. The lowest BCUT2D eigenvalue weighted by Gasteiger charge is -2.30. The summed E-state index contributed by atoms with van der Waals surface area (Å²) in [6.45, 7) is 5.27. The van der Waals surface area contributed by atoms with E-state index in [1.54, 1.807) is 13.8 Å². The highest BCUT2D eigenvalue weighted by atomic mass is 16.6. The van der Waals surface area contributed by atoms with Crippen LogP contribution in [0.15, 0.2) is 18.2 Å². The van der Waals surface area contributed by atoms with Crippen molar-refractivity contribution in [2.45, 2.75) is 26.7 Å². The number of nitrogens with zero attached hydrogens (tertiary/aromatic N) is 2. The first-order chi connectivity index (χ1) is 11.9. The van der Waals surface area contributed by atoms with Gasteiger partial charge in [0.15, 0.2) is 0 Å². The largest absolute Gasteiger partial charge is 0.466 e. The van der Waals surface area contributed by atoms with Crippen LogP contribution in [0.2, 0.25) is 0 Å². The molecule has 1 aromatic rings. The number of nitro groups is 1. The summed E-state index contributed by atoms with van der Waals surface area (Å²) in [5.74, 6) is -0.608. The second-order valence-corrected chi connectivity index (χ2v) is 6.13. The van der Waals surface area contributed by atoms with Gasteiger partial charge in [0.1, 0.15) is 0 Å². The van der Waals surface area contributed by atoms with Gasteiger partial charge in [-0.25, -0.2) is 0 Å². The average Bonchev–Trinajstić information content (AvgIpc) is 2.57. The number of aryl methyl sites for hydroxylation is 1. The first-order valence-electron chi connectivity index (χ1n) is 8.34. The van der Waals surface area contributed by atoms with Crippen molar-refractivity contribution >= 4 is 23.3 Å². The molecule has 1 fully saturated rings. The Hall–Kier alpha value is -2.48. The van der Waals surface area contributed by atoms with E-state index in [1.165, 1.54) is 18.2 Å². The Bertz CT molecular complexity index is 662. The van der Waals surface area contributed by atoms with Crippen molar-refractivity contribution in [3.63, 3.8) is 0 Å². The molecule has 0 saturated carbocycles. The predicted molar refractivity (Wildman–Crippen MR) is 92.3 cm³/mol. The molecule has 0 unspecified atom stereocenters. The van der Waals surface area contributed by atoms with Crippen molar-refractivity contribution in [3.05, 3.63) is 33.9 Å². The normalized spacial score (nSPS) is 17.8. The number of likely N-dealkylation sites (tertiary alicyclic amines) is 1. The lowest BCUT2D eigenvalue weighted by molar-refractivity contribution is -0.384. The van der Waals surface area contributed by atoms with Gasteiger partial charge in [-0.1, -0.05) is 0 Å². The fourth-order valence-electron chi connectivity index (χ4n) is 2.95. The average molecular weight is 349 g/mol. The zero-order valence-corrected chi connectivity index (χ0v) is 14.5. The number of ether oxygens (including phenoxy) is 1. The van der Waals surface area contributed by atoms with Gasteiger partial charge in [0.05, 0.1) is 24.0 Å². The SMILES string of the molecule is CCOC(=O)[C@@H]1CCCN(CC(=O)Nc2ccc([N+](=O)[O-])cc2C)C1. The number of carbonyl (C=O) groups is 2. The van der Waals surface area contributed by atoms with E-state index in [-0.39, 0.29) is 30.0 Å². The van der Waals surface area contributed by atoms with E-state index in [0.29, 0.717) is 24.4 Å². The molecule has 1 amide bonds. The molecular formula is C17H23N3O5. The Labute approximate surface area is 146 Å². The van der Waals surface area contributed by atoms with Gasteiger partial charge in [-0.15, -0.1) is 0 Å². The molecule has 25 heavy (non-hydrogen) atoms. The molecule has 0 bridgehead atoms.